The summed E-state index contributed by atoms with van der Waals surface area (Å²) in [4.78, 5) is 0. The molecule has 1 aromatic rings. The topological polar surface area (TPSA) is 47.3 Å². The standard InChI is InChI=1S/C12H18N2O/c1-15-12-6-11(7-12)14-8-9-3-2-4-10(13)5-9/h2-5,11-12,14H,6-8,13H2,1H3. The van der Waals surface area contributed by atoms with Gasteiger partial charge in [-0.2, -0.15) is 0 Å². The maximum atomic E-state index is 5.71. The molecular formula is C12H18N2O. The van der Waals surface area contributed by atoms with Crippen LogP contribution < -0.4 is 11.1 Å². The fourth-order valence-corrected chi connectivity index (χ4v) is 1.89. The highest BCUT2D eigenvalue weighted by atomic mass is 16.5. The van der Waals surface area contributed by atoms with Gasteiger partial charge in [0.25, 0.3) is 0 Å². The fourth-order valence-electron chi connectivity index (χ4n) is 1.89. The van der Waals surface area contributed by atoms with Crippen molar-refractivity contribution in [2.45, 2.75) is 31.5 Å². The SMILES string of the molecule is COC1CC(NCc2cccc(N)c2)C1. The average molecular weight is 206 g/mol. The number of rotatable bonds is 4. The van der Waals surface area contributed by atoms with Crippen LogP contribution >= 0.6 is 0 Å². The molecule has 0 spiro atoms. The summed E-state index contributed by atoms with van der Waals surface area (Å²) >= 11 is 0. The smallest absolute Gasteiger partial charge is 0.0601 e. The van der Waals surface area contributed by atoms with Gasteiger partial charge in [-0.1, -0.05) is 12.1 Å². The first-order valence-corrected chi connectivity index (χ1v) is 5.38. The van der Waals surface area contributed by atoms with E-state index >= 15 is 0 Å². The highest BCUT2D eigenvalue weighted by Gasteiger charge is 2.28. The maximum absolute atomic E-state index is 5.71. The normalized spacial score (nSPS) is 24.9. The molecule has 0 heterocycles. The highest BCUT2D eigenvalue weighted by Crippen LogP contribution is 2.22. The molecule has 1 fully saturated rings. The molecule has 1 aliphatic rings. The van der Waals surface area contributed by atoms with E-state index < -0.39 is 0 Å². The zero-order valence-electron chi connectivity index (χ0n) is 9.07. The van der Waals surface area contributed by atoms with E-state index in [1.54, 1.807) is 7.11 Å². The number of nitrogens with one attached hydrogen (secondary N) is 1. The van der Waals surface area contributed by atoms with Crippen molar-refractivity contribution in [2.24, 2.45) is 0 Å². The number of benzene rings is 1. The van der Waals surface area contributed by atoms with E-state index in [2.05, 4.69) is 11.4 Å². The van der Waals surface area contributed by atoms with Gasteiger partial charge in [0.1, 0.15) is 0 Å². The lowest BCUT2D eigenvalue weighted by molar-refractivity contribution is 0.0170. The van der Waals surface area contributed by atoms with Crippen LogP contribution in [0.15, 0.2) is 24.3 Å². The minimum absolute atomic E-state index is 0.461. The Morgan fingerprint density at radius 2 is 2.27 bits per heavy atom. The molecule has 82 valence electrons. The van der Waals surface area contributed by atoms with E-state index in [9.17, 15) is 0 Å². The van der Waals surface area contributed by atoms with Crippen LogP contribution in [0.25, 0.3) is 0 Å². The van der Waals surface area contributed by atoms with Gasteiger partial charge in [0, 0.05) is 25.4 Å². The van der Waals surface area contributed by atoms with Crippen molar-refractivity contribution in [3.8, 4) is 0 Å². The Hall–Kier alpha value is -1.06. The Labute approximate surface area is 90.6 Å². The van der Waals surface area contributed by atoms with Crippen molar-refractivity contribution in [3.63, 3.8) is 0 Å². The molecule has 1 aromatic carbocycles. The molecule has 0 saturated heterocycles. The second-order valence-corrected chi connectivity index (χ2v) is 4.15. The molecule has 0 amide bonds. The first-order valence-electron chi connectivity index (χ1n) is 5.38. The summed E-state index contributed by atoms with van der Waals surface area (Å²) in [5.74, 6) is 0. The summed E-state index contributed by atoms with van der Waals surface area (Å²) < 4.78 is 5.23. The third kappa shape index (κ3) is 2.70. The van der Waals surface area contributed by atoms with Gasteiger partial charge >= 0.3 is 0 Å². The third-order valence-electron chi connectivity index (χ3n) is 2.97. The maximum Gasteiger partial charge on any atom is 0.0601 e. The Bertz CT molecular complexity index is 321. The largest absolute Gasteiger partial charge is 0.399 e. The summed E-state index contributed by atoms with van der Waals surface area (Å²) in [6.07, 6.45) is 2.71. The summed E-state index contributed by atoms with van der Waals surface area (Å²) in [6, 6.07) is 8.62. The van der Waals surface area contributed by atoms with Crippen molar-refractivity contribution < 1.29 is 4.74 Å². The fraction of sp³-hybridized carbons (Fsp3) is 0.500. The summed E-state index contributed by atoms with van der Waals surface area (Å²) in [6.45, 7) is 0.895. The van der Waals surface area contributed by atoms with E-state index in [0.717, 1.165) is 25.1 Å². The number of nitrogens with two attached hydrogens (primary N) is 1. The first-order chi connectivity index (χ1) is 7.28. The number of hydrogen-bond acceptors (Lipinski definition) is 3. The molecule has 3 heteroatoms. The van der Waals surface area contributed by atoms with Gasteiger partial charge < -0.3 is 15.8 Å². The number of ether oxygens (including phenoxy) is 1. The zero-order chi connectivity index (χ0) is 10.7. The monoisotopic (exact) mass is 206 g/mol. The van der Waals surface area contributed by atoms with E-state index in [1.807, 2.05) is 18.2 Å². The van der Waals surface area contributed by atoms with Crippen molar-refractivity contribution in [1.29, 1.82) is 0 Å². The number of methoxy groups -OCH3 is 1. The highest BCUT2D eigenvalue weighted by molar-refractivity contribution is 5.40. The third-order valence-corrected chi connectivity index (χ3v) is 2.97. The molecule has 3 nitrogen and oxygen atoms in total. The van der Waals surface area contributed by atoms with Crippen LogP contribution in [-0.4, -0.2) is 19.3 Å². The van der Waals surface area contributed by atoms with E-state index in [0.29, 0.717) is 12.1 Å². The Balaban J connectivity index is 1.75. The van der Waals surface area contributed by atoms with Crippen LogP contribution in [0.3, 0.4) is 0 Å². The predicted octanol–water partition coefficient (Wildman–Crippen LogP) is 1.54. The first kappa shape index (κ1) is 10.5. The molecule has 0 aliphatic heterocycles. The predicted molar refractivity (Wildman–Crippen MR) is 61.5 cm³/mol. The summed E-state index contributed by atoms with van der Waals surface area (Å²) in [5, 5.41) is 3.49. The van der Waals surface area contributed by atoms with Gasteiger partial charge in [-0.05, 0) is 30.5 Å². The van der Waals surface area contributed by atoms with Gasteiger partial charge in [0.05, 0.1) is 6.10 Å². The lowest BCUT2D eigenvalue weighted by atomic mass is 9.89. The van der Waals surface area contributed by atoms with Gasteiger partial charge in [-0.15, -0.1) is 0 Å². The van der Waals surface area contributed by atoms with Gasteiger partial charge in [-0.3, -0.25) is 0 Å². The van der Waals surface area contributed by atoms with Gasteiger partial charge in [0.2, 0.25) is 0 Å². The minimum Gasteiger partial charge on any atom is -0.399 e. The molecule has 15 heavy (non-hydrogen) atoms. The summed E-state index contributed by atoms with van der Waals surface area (Å²) in [7, 11) is 1.78. The zero-order valence-corrected chi connectivity index (χ0v) is 9.07. The lowest BCUT2D eigenvalue weighted by Crippen LogP contribution is -2.44. The van der Waals surface area contributed by atoms with E-state index in [-0.39, 0.29) is 0 Å². The molecule has 1 saturated carbocycles. The number of anilines is 1. The molecule has 0 radical (unpaired) electrons. The van der Waals surface area contributed by atoms with Crippen LogP contribution in [0.5, 0.6) is 0 Å². The van der Waals surface area contributed by atoms with Gasteiger partial charge in [0.15, 0.2) is 0 Å². The lowest BCUT2D eigenvalue weighted by Gasteiger charge is -2.34. The number of hydrogen-bond donors (Lipinski definition) is 2. The van der Waals surface area contributed by atoms with Crippen LogP contribution in [-0.2, 0) is 11.3 Å². The van der Waals surface area contributed by atoms with Gasteiger partial charge in [-0.25, -0.2) is 0 Å². The molecule has 0 unspecified atom stereocenters. The molecule has 0 atom stereocenters. The second-order valence-electron chi connectivity index (χ2n) is 4.15. The number of nitrogen functional groups attached to an aromatic ring is 1. The Kier molecular flexibility index (Phi) is 3.23. The minimum atomic E-state index is 0.461. The average Bonchev–Trinajstić information content (AvgIpc) is 2.16. The van der Waals surface area contributed by atoms with Crippen LogP contribution in [0.4, 0.5) is 5.69 Å². The van der Waals surface area contributed by atoms with Crippen molar-refractivity contribution >= 4 is 5.69 Å². The van der Waals surface area contributed by atoms with Crippen molar-refractivity contribution in [1.82, 2.24) is 5.32 Å². The molecule has 2 rings (SSSR count). The summed E-state index contributed by atoms with van der Waals surface area (Å²) in [5.41, 5.74) is 7.78. The van der Waals surface area contributed by atoms with Crippen molar-refractivity contribution in [2.75, 3.05) is 12.8 Å². The molecule has 0 aromatic heterocycles. The second kappa shape index (κ2) is 4.64. The van der Waals surface area contributed by atoms with Crippen molar-refractivity contribution in [3.05, 3.63) is 29.8 Å². The Morgan fingerprint density at radius 3 is 2.93 bits per heavy atom. The molecule has 1 aliphatic carbocycles. The Morgan fingerprint density at radius 1 is 1.47 bits per heavy atom. The molecule has 3 N–H and O–H groups in total. The van der Waals surface area contributed by atoms with Crippen LogP contribution in [0, 0.1) is 0 Å². The molecular weight excluding hydrogens is 188 g/mol. The van der Waals surface area contributed by atoms with Crippen LogP contribution in [0.1, 0.15) is 18.4 Å². The van der Waals surface area contributed by atoms with E-state index in [1.165, 1.54) is 5.56 Å². The quantitative estimate of drug-likeness (QED) is 0.734. The molecule has 0 bridgehead atoms. The van der Waals surface area contributed by atoms with E-state index in [4.69, 9.17) is 10.5 Å². The van der Waals surface area contributed by atoms with Crippen LogP contribution in [0.2, 0.25) is 0 Å².